The van der Waals surface area contributed by atoms with E-state index in [4.69, 9.17) is 0 Å². The monoisotopic (exact) mass is 484 g/mol. The van der Waals surface area contributed by atoms with Crippen LogP contribution in [0.4, 0.5) is 26.3 Å². The largest absolute Gasteiger partial charge is 0.416 e. The van der Waals surface area contributed by atoms with Crippen molar-refractivity contribution in [1.29, 1.82) is 0 Å². The minimum atomic E-state index is -4.88. The zero-order chi connectivity index (χ0) is 25.2. The summed E-state index contributed by atoms with van der Waals surface area (Å²) in [6.45, 7) is 2.15. The lowest BCUT2D eigenvalue weighted by molar-refractivity contribution is -0.143. The van der Waals surface area contributed by atoms with Crippen LogP contribution in [0.5, 0.6) is 0 Å². The second-order valence-corrected chi connectivity index (χ2v) is 8.57. The fourth-order valence-corrected chi connectivity index (χ4v) is 3.92. The number of halogens is 6. The third kappa shape index (κ3) is 5.94. The summed E-state index contributed by atoms with van der Waals surface area (Å²) in [6, 6.07) is 15.9. The first-order valence-corrected chi connectivity index (χ1v) is 11.1. The van der Waals surface area contributed by atoms with Crippen molar-refractivity contribution in [2.75, 3.05) is 0 Å². The molecule has 180 valence electrons. The zero-order valence-corrected chi connectivity index (χ0v) is 18.8. The lowest BCUT2D eigenvalue weighted by atomic mass is 9.95. The summed E-state index contributed by atoms with van der Waals surface area (Å²) < 4.78 is 79.1. The number of allylic oxidation sites excluding steroid dienone is 6. The quantitative estimate of drug-likeness (QED) is 0.325. The van der Waals surface area contributed by atoms with Gasteiger partial charge in [-0.1, -0.05) is 85.8 Å². The number of alkyl halides is 6. The Morgan fingerprint density at radius 2 is 1.09 bits per heavy atom. The molecular formula is C29H22F6. The van der Waals surface area contributed by atoms with Gasteiger partial charge in [-0.15, -0.1) is 0 Å². The molecule has 0 spiro atoms. The Labute approximate surface area is 199 Å². The van der Waals surface area contributed by atoms with Gasteiger partial charge in [-0.2, -0.15) is 26.3 Å². The van der Waals surface area contributed by atoms with Crippen molar-refractivity contribution < 1.29 is 26.3 Å². The molecule has 0 heterocycles. The Morgan fingerprint density at radius 3 is 1.57 bits per heavy atom. The molecule has 35 heavy (non-hydrogen) atoms. The normalized spacial score (nSPS) is 19.9. The third-order valence-electron chi connectivity index (χ3n) is 5.88. The molecule has 0 aromatic heterocycles. The van der Waals surface area contributed by atoms with E-state index >= 15 is 0 Å². The van der Waals surface area contributed by atoms with Gasteiger partial charge < -0.3 is 0 Å². The van der Waals surface area contributed by atoms with Crippen molar-refractivity contribution in [1.82, 2.24) is 0 Å². The highest BCUT2D eigenvalue weighted by atomic mass is 19.4. The molecule has 6 heteroatoms. The molecule has 3 aromatic rings. The topological polar surface area (TPSA) is 0 Å². The predicted octanol–water partition coefficient (Wildman–Crippen LogP) is 9.59. The van der Waals surface area contributed by atoms with Crippen LogP contribution in [-0.2, 0) is 12.4 Å². The Kier molecular flexibility index (Phi) is 6.75. The highest BCUT2D eigenvalue weighted by molar-refractivity contribution is 5.78. The highest BCUT2D eigenvalue weighted by Crippen LogP contribution is 2.39. The molecule has 0 nitrogen and oxygen atoms in total. The van der Waals surface area contributed by atoms with E-state index in [9.17, 15) is 26.3 Å². The minimum Gasteiger partial charge on any atom is -0.166 e. The van der Waals surface area contributed by atoms with Crippen LogP contribution in [0.25, 0.3) is 27.8 Å². The van der Waals surface area contributed by atoms with Crippen LogP contribution >= 0.6 is 0 Å². The second-order valence-electron chi connectivity index (χ2n) is 8.57. The number of hydrogen-bond acceptors (Lipinski definition) is 0. The maximum absolute atomic E-state index is 13.2. The van der Waals surface area contributed by atoms with Gasteiger partial charge in [0, 0.05) is 0 Å². The molecule has 1 atom stereocenters. The van der Waals surface area contributed by atoms with Gasteiger partial charge in [-0.05, 0) is 63.9 Å². The summed E-state index contributed by atoms with van der Waals surface area (Å²) in [5.41, 5.74) is 1.30. The molecular weight excluding hydrogens is 462 g/mol. The molecule has 3 aromatic carbocycles. The van der Waals surface area contributed by atoms with Crippen molar-refractivity contribution in [3.05, 3.63) is 114 Å². The Bertz CT molecular complexity index is 1240. The Hall–Kier alpha value is -3.54. The standard InChI is InChI=1S/C29H22F6/c1-19-4-2-6-20(7-3-5-19)21-8-10-22(11-9-21)23-12-14-24(15-13-23)25-16-26(28(30,31)32)18-27(17-25)29(33,34)35/h2-4,6-19H,5H2,1H3/b4-2-,7-3+,20-6+. The lowest BCUT2D eigenvalue weighted by Gasteiger charge is -2.14. The third-order valence-corrected chi connectivity index (χ3v) is 5.88. The van der Waals surface area contributed by atoms with Crippen LogP contribution < -0.4 is 0 Å². The summed E-state index contributed by atoms with van der Waals surface area (Å²) in [7, 11) is 0. The van der Waals surface area contributed by atoms with Gasteiger partial charge in [0.1, 0.15) is 0 Å². The van der Waals surface area contributed by atoms with Gasteiger partial charge in [0.15, 0.2) is 0 Å². The van der Waals surface area contributed by atoms with E-state index in [1.54, 1.807) is 12.1 Å². The summed E-state index contributed by atoms with van der Waals surface area (Å²) in [5.74, 6) is 0.491. The lowest BCUT2D eigenvalue weighted by Crippen LogP contribution is -2.11. The van der Waals surface area contributed by atoms with Gasteiger partial charge in [0.05, 0.1) is 11.1 Å². The summed E-state index contributed by atoms with van der Waals surface area (Å²) in [5, 5.41) is 0. The molecule has 1 aliphatic rings. The van der Waals surface area contributed by atoms with Gasteiger partial charge in [-0.25, -0.2) is 0 Å². The molecule has 0 saturated carbocycles. The first kappa shape index (κ1) is 24.6. The van der Waals surface area contributed by atoms with E-state index in [1.807, 2.05) is 30.3 Å². The zero-order valence-electron chi connectivity index (χ0n) is 18.8. The van der Waals surface area contributed by atoms with Crippen LogP contribution in [-0.4, -0.2) is 0 Å². The Morgan fingerprint density at radius 1 is 0.629 bits per heavy atom. The van der Waals surface area contributed by atoms with Gasteiger partial charge in [0.25, 0.3) is 0 Å². The molecule has 1 aliphatic carbocycles. The first-order chi connectivity index (χ1) is 16.5. The van der Waals surface area contributed by atoms with Crippen LogP contribution in [0.3, 0.4) is 0 Å². The minimum absolute atomic E-state index is 0.135. The highest BCUT2D eigenvalue weighted by Gasteiger charge is 2.37. The second kappa shape index (κ2) is 9.61. The maximum Gasteiger partial charge on any atom is 0.416 e. The number of rotatable bonds is 3. The average Bonchev–Trinajstić information content (AvgIpc) is 2.80. The Balaban J connectivity index is 1.61. The van der Waals surface area contributed by atoms with Crippen molar-refractivity contribution in [2.45, 2.75) is 25.7 Å². The van der Waals surface area contributed by atoms with Crippen molar-refractivity contribution in [2.24, 2.45) is 5.92 Å². The fraction of sp³-hybridized carbons (Fsp3) is 0.172. The van der Waals surface area contributed by atoms with Crippen molar-refractivity contribution in [3.63, 3.8) is 0 Å². The molecule has 0 bridgehead atoms. The molecule has 0 saturated heterocycles. The van der Waals surface area contributed by atoms with Crippen LogP contribution in [0.1, 0.15) is 30.0 Å². The molecule has 0 amide bonds. The number of benzene rings is 3. The molecule has 4 rings (SSSR count). The maximum atomic E-state index is 13.2. The van der Waals surface area contributed by atoms with Gasteiger partial charge >= 0.3 is 12.4 Å². The van der Waals surface area contributed by atoms with Crippen LogP contribution in [0.2, 0.25) is 0 Å². The van der Waals surface area contributed by atoms with Crippen LogP contribution in [0.15, 0.2) is 97.1 Å². The molecule has 1 unspecified atom stereocenters. The average molecular weight is 484 g/mol. The first-order valence-electron chi connectivity index (χ1n) is 11.1. The molecule has 0 radical (unpaired) electrons. The van der Waals surface area contributed by atoms with E-state index in [0.29, 0.717) is 5.92 Å². The van der Waals surface area contributed by atoms with E-state index in [-0.39, 0.29) is 17.2 Å². The summed E-state index contributed by atoms with van der Waals surface area (Å²) >= 11 is 0. The predicted molar refractivity (Wildman–Crippen MR) is 127 cm³/mol. The van der Waals surface area contributed by atoms with Gasteiger partial charge in [0.2, 0.25) is 0 Å². The van der Waals surface area contributed by atoms with E-state index in [0.717, 1.165) is 40.8 Å². The van der Waals surface area contributed by atoms with Gasteiger partial charge in [-0.3, -0.25) is 0 Å². The van der Waals surface area contributed by atoms with Crippen molar-refractivity contribution >= 4 is 5.57 Å². The molecule has 0 fully saturated rings. The fourth-order valence-electron chi connectivity index (χ4n) is 3.92. The van der Waals surface area contributed by atoms with Crippen molar-refractivity contribution in [3.8, 4) is 22.3 Å². The number of hydrogen-bond donors (Lipinski definition) is 0. The van der Waals surface area contributed by atoms with Crippen LogP contribution in [0, 0.1) is 5.92 Å². The SMILES string of the molecule is CC1\C=C/C=C(c2ccc(-c3ccc(-c4cc(C(F)(F)F)cc(C(F)(F)F)c4)cc3)cc2)\C=C\C1. The molecule has 0 N–H and O–H groups in total. The molecule has 0 aliphatic heterocycles. The van der Waals surface area contributed by atoms with E-state index < -0.39 is 23.5 Å². The summed E-state index contributed by atoms with van der Waals surface area (Å²) in [6.07, 6.45) is 1.70. The summed E-state index contributed by atoms with van der Waals surface area (Å²) in [4.78, 5) is 0. The van der Waals surface area contributed by atoms with E-state index in [1.165, 1.54) is 12.1 Å². The van der Waals surface area contributed by atoms with E-state index in [2.05, 4.69) is 31.2 Å². The smallest absolute Gasteiger partial charge is 0.166 e.